The first-order valence-electron chi connectivity index (χ1n) is 9.85. The zero-order chi connectivity index (χ0) is 21.3. The molecule has 1 aliphatic heterocycles. The number of cyclic esters (lactones) is 1. The molecule has 2 unspecified atom stereocenters. The van der Waals surface area contributed by atoms with Crippen LogP contribution in [0.25, 0.3) is 23.2 Å². The Bertz CT molecular complexity index is 1060. The molecule has 7 nitrogen and oxygen atoms in total. The van der Waals surface area contributed by atoms with E-state index in [1.165, 1.54) is 12.1 Å². The summed E-state index contributed by atoms with van der Waals surface area (Å²) < 4.78 is 20.6. The molecule has 0 aliphatic carbocycles. The second kappa shape index (κ2) is 8.23. The third-order valence-electron chi connectivity index (χ3n) is 4.99. The van der Waals surface area contributed by atoms with E-state index in [0.29, 0.717) is 12.2 Å². The molecule has 8 heteroatoms. The van der Waals surface area contributed by atoms with Crippen molar-refractivity contribution in [3.05, 3.63) is 59.9 Å². The van der Waals surface area contributed by atoms with Gasteiger partial charge in [-0.15, -0.1) is 0 Å². The number of aliphatic hydroxyl groups excluding tert-OH is 1. The van der Waals surface area contributed by atoms with E-state index in [2.05, 4.69) is 9.97 Å². The van der Waals surface area contributed by atoms with Gasteiger partial charge < -0.3 is 14.8 Å². The van der Waals surface area contributed by atoms with E-state index in [1.54, 1.807) is 35.4 Å². The van der Waals surface area contributed by atoms with Crippen LogP contribution in [0, 0.1) is 5.82 Å². The Morgan fingerprint density at radius 2 is 2.10 bits per heavy atom. The van der Waals surface area contributed by atoms with E-state index >= 15 is 0 Å². The number of ether oxygens (including phenoxy) is 1. The number of carbonyl (C=O) groups is 1. The van der Waals surface area contributed by atoms with Crippen LogP contribution < -0.4 is 0 Å². The molecule has 1 aromatic carbocycles. The number of halogens is 1. The number of benzene rings is 1. The molecule has 0 radical (unpaired) electrons. The number of imidazole rings is 1. The Kier molecular flexibility index (Phi) is 5.50. The van der Waals surface area contributed by atoms with Crippen molar-refractivity contribution in [2.45, 2.75) is 44.8 Å². The van der Waals surface area contributed by atoms with Crippen LogP contribution in [0.2, 0.25) is 0 Å². The van der Waals surface area contributed by atoms with Gasteiger partial charge in [0.2, 0.25) is 0 Å². The van der Waals surface area contributed by atoms with Gasteiger partial charge in [0.05, 0.1) is 36.4 Å². The normalized spacial score (nSPS) is 19.6. The highest BCUT2D eigenvalue weighted by Gasteiger charge is 2.26. The Morgan fingerprint density at radius 3 is 2.73 bits per heavy atom. The van der Waals surface area contributed by atoms with Crippen molar-refractivity contribution >= 4 is 12.0 Å². The van der Waals surface area contributed by atoms with Crippen molar-refractivity contribution in [1.29, 1.82) is 0 Å². The maximum Gasteiger partial charge on any atom is 0.309 e. The summed E-state index contributed by atoms with van der Waals surface area (Å²) in [5.74, 6) is 0.0398. The predicted octanol–water partition coefficient (Wildman–Crippen LogP) is 3.60. The van der Waals surface area contributed by atoms with Crippen molar-refractivity contribution in [2.75, 3.05) is 0 Å². The van der Waals surface area contributed by atoms with Crippen molar-refractivity contribution < 1.29 is 19.0 Å². The quantitative estimate of drug-likeness (QED) is 0.627. The Hall–Kier alpha value is -3.26. The van der Waals surface area contributed by atoms with Crippen LogP contribution in [0.4, 0.5) is 4.39 Å². The number of nitrogens with zero attached hydrogens (tertiary/aromatic N) is 3. The standard InChI is InChI=1S/C22H23FN4O3/c1-13(2)21-18(8-7-17-9-16(28)10-20(29)30-17)22(14-3-5-15(23)6-4-14)27(26-21)19-11-24-12-25-19/h3-8,11-13,16-17,28H,9-10H2,1-2H3,(H,24,25)/b8-7+. The van der Waals surface area contributed by atoms with Crippen LogP contribution in [0.3, 0.4) is 0 Å². The molecule has 156 valence electrons. The van der Waals surface area contributed by atoms with Crippen LogP contribution in [0.15, 0.2) is 42.9 Å². The summed E-state index contributed by atoms with van der Waals surface area (Å²) in [4.78, 5) is 18.8. The fourth-order valence-corrected chi connectivity index (χ4v) is 3.59. The molecule has 0 bridgehead atoms. The number of aromatic nitrogens is 4. The second-order valence-corrected chi connectivity index (χ2v) is 7.64. The average molecular weight is 410 g/mol. The Labute approximate surface area is 173 Å². The average Bonchev–Trinajstić information content (AvgIpc) is 3.34. The summed E-state index contributed by atoms with van der Waals surface area (Å²) in [6.07, 6.45) is 6.00. The highest BCUT2D eigenvalue weighted by molar-refractivity contribution is 5.76. The van der Waals surface area contributed by atoms with Crippen LogP contribution in [0.1, 0.15) is 43.9 Å². The van der Waals surface area contributed by atoms with E-state index in [1.807, 2.05) is 19.9 Å². The first-order valence-corrected chi connectivity index (χ1v) is 9.85. The minimum atomic E-state index is -0.713. The molecule has 30 heavy (non-hydrogen) atoms. The van der Waals surface area contributed by atoms with Crippen LogP contribution >= 0.6 is 0 Å². The molecule has 4 rings (SSSR count). The van der Waals surface area contributed by atoms with E-state index in [-0.39, 0.29) is 18.2 Å². The van der Waals surface area contributed by atoms with Crippen LogP contribution in [-0.2, 0) is 9.53 Å². The Balaban J connectivity index is 1.84. The minimum absolute atomic E-state index is 0.0141. The van der Waals surface area contributed by atoms with Gasteiger partial charge in [0.25, 0.3) is 0 Å². The summed E-state index contributed by atoms with van der Waals surface area (Å²) >= 11 is 0. The lowest BCUT2D eigenvalue weighted by Gasteiger charge is -2.23. The zero-order valence-electron chi connectivity index (χ0n) is 16.7. The fraction of sp³-hybridized carbons (Fsp3) is 0.318. The number of H-pyrrole nitrogens is 1. The molecule has 2 aromatic heterocycles. The van der Waals surface area contributed by atoms with Crippen molar-refractivity contribution in [2.24, 2.45) is 0 Å². The van der Waals surface area contributed by atoms with E-state index in [0.717, 1.165) is 22.5 Å². The lowest BCUT2D eigenvalue weighted by molar-refractivity contribution is -0.156. The smallest absolute Gasteiger partial charge is 0.309 e. The number of carbonyl (C=O) groups excluding carboxylic acids is 1. The van der Waals surface area contributed by atoms with Gasteiger partial charge >= 0.3 is 5.97 Å². The molecule has 2 N–H and O–H groups in total. The van der Waals surface area contributed by atoms with E-state index in [4.69, 9.17) is 9.84 Å². The molecule has 1 saturated heterocycles. The van der Waals surface area contributed by atoms with Crippen LogP contribution in [0.5, 0.6) is 0 Å². The van der Waals surface area contributed by atoms with Crippen molar-refractivity contribution in [3.63, 3.8) is 0 Å². The minimum Gasteiger partial charge on any atom is -0.458 e. The van der Waals surface area contributed by atoms with Gasteiger partial charge in [0.1, 0.15) is 11.9 Å². The number of esters is 1. The molecular weight excluding hydrogens is 387 g/mol. The lowest BCUT2D eigenvalue weighted by Crippen LogP contribution is -2.31. The van der Waals surface area contributed by atoms with Gasteiger partial charge in [-0.25, -0.2) is 14.1 Å². The highest BCUT2D eigenvalue weighted by atomic mass is 19.1. The number of hydrogen-bond acceptors (Lipinski definition) is 5. The summed E-state index contributed by atoms with van der Waals surface area (Å²) in [5, 5.41) is 14.7. The lowest BCUT2D eigenvalue weighted by atomic mass is 9.98. The van der Waals surface area contributed by atoms with E-state index in [9.17, 15) is 14.3 Å². The number of aromatic amines is 1. The third kappa shape index (κ3) is 4.04. The largest absolute Gasteiger partial charge is 0.458 e. The summed E-state index contributed by atoms with van der Waals surface area (Å²) in [7, 11) is 0. The maximum absolute atomic E-state index is 13.5. The SMILES string of the molecule is CC(C)c1nn(-c2cnc[nH]2)c(-c2ccc(F)cc2)c1/C=C/C1CC(O)CC(=O)O1. The second-order valence-electron chi connectivity index (χ2n) is 7.64. The Morgan fingerprint density at radius 1 is 1.33 bits per heavy atom. The number of hydrogen-bond donors (Lipinski definition) is 2. The fourth-order valence-electron chi connectivity index (χ4n) is 3.59. The van der Waals surface area contributed by atoms with Crippen molar-refractivity contribution in [3.8, 4) is 17.1 Å². The predicted molar refractivity (Wildman–Crippen MR) is 109 cm³/mol. The van der Waals surface area contributed by atoms with Gasteiger partial charge in [0.15, 0.2) is 5.82 Å². The molecule has 3 aromatic rings. The van der Waals surface area contributed by atoms with Crippen LogP contribution in [-0.4, -0.2) is 43.0 Å². The maximum atomic E-state index is 13.5. The molecule has 0 amide bonds. The summed E-state index contributed by atoms with van der Waals surface area (Å²) in [6, 6.07) is 6.21. The van der Waals surface area contributed by atoms with Gasteiger partial charge in [-0.3, -0.25) is 4.79 Å². The van der Waals surface area contributed by atoms with Gasteiger partial charge in [-0.05, 0) is 36.3 Å². The third-order valence-corrected chi connectivity index (χ3v) is 4.99. The van der Waals surface area contributed by atoms with Gasteiger partial charge in [-0.1, -0.05) is 19.9 Å². The molecule has 1 fully saturated rings. The van der Waals surface area contributed by atoms with Gasteiger partial charge in [0, 0.05) is 17.5 Å². The van der Waals surface area contributed by atoms with E-state index < -0.39 is 18.2 Å². The first-order chi connectivity index (χ1) is 14.4. The van der Waals surface area contributed by atoms with Crippen molar-refractivity contribution in [1.82, 2.24) is 19.7 Å². The summed E-state index contributed by atoms with van der Waals surface area (Å²) in [5.41, 5.74) is 3.22. The molecular formula is C22H23FN4O3. The number of rotatable bonds is 5. The molecule has 2 atom stereocenters. The number of aliphatic hydroxyl groups is 1. The molecule has 1 aliphatic rings. The number of nitrogens with one attached hydrogen (secondary N) is 1. The molecule has 0 spiro atoms. The first kappa shape index (κ1) is 20.0. The topological polar surface area (TPSA) is 93.0 Å². The molecule has 0 saturated carbocycles. The highest BCUT2D eigenvalue weighted by Crippen LogP contribution is 2.33. The zero-order valence-corrected chi connectivity index (χ0v) is 16.7. The monoisotopic (exact) mass is 410 g/mol. The summed E-state index contributed by atoms with van der Waals surface area (Å²) in [6.45, 7) is 4.08. The molecule has 3 heterocycles. The van der Waals surface area contributed by atoms with Gasteiger partial charge in [-0.2, -0.15) is 5.10 Å².